The minimum atomic E-state index is -4.54. The second kappa shape index (κ2) is 5.63. The second-order valence-corrected chi connectivity index (χ2v) is 4.76. The highest BCUT2D eigenvalue weighted by atomic mass is 19.4. The lowest BCUT2D eigenvalue weighted by molar-refractivity contribution is -0.147. The molecule has 0 aliphatic carbocycles. The van der Waals surface area contributed by atoms with Gasteiger partial charge >= 0.3 is 6.18 Å². The minimum Gasteiger partial charge on any atom is -0.399 e. The molecule has 114 valence electrons. The summed E-state index contributed by atoms with van der Waals surface area (Å²) in [6.45, 7) is 0.114. The molecule has 0 fully saturated rings. The van der Waals surface area contributed by atoms with Gasteiger partial charge in [0.2, 0.25) is 11.7 Å². The van der Waals surface area contributed by atoms with E-state index in [0.29, 0.717) is 24.0 Å². The Hall–Kier alpha value is -2.25. The minimum absolute atomic E-state index is 0.114. The smallest absolute Gasteiger partial charge is 0.399 e. The van der Waals surface area contributed by atoms with Crippen LogP contribution in [0.1, 0.15) is 25.1 Å². The number of primary amides is 1. The maximum absolute atomic E-state index is 13.0. The molecule has 0 spiro atoms. The molecule has 2 aromatic rings. The molecule has 21 heavy (non-hydrogen) atoms. The number of aromatic nitrogens is 2. The number of aryl methyl sites for hydroxylation is 1. The van der Waals surface area contributed by atoms with Gasteiger partial charge in [-0.1, -0.05) is 0 Å². The zero-order valence-corrected chi connectivity index (χ0v) is 11.2. The Kier molecular flexibility index (Phi) is 4.06. The number of nitrogens with zero attached hydrogens (tertiary/aromatic N) is 2. The molecule has 0 saturated heterocycles. The zero-order valence-electron chi connectivity index (χ0n) is 11.2. The number of alkyl halides is 3. The number of hydrogen-bond donors (Lipinski definition) is 2. The van der Waals surface area contributed by atoms with Crippen molar-refractivity contribution in [2.75, 3.05) is 5.73 Å². The van der Waals surface area contributed by atoms with E-state index >= 15 is 0 Å². The molecule has 1 heterocycles. The predicted molar refractivity (Wildman–Crippen MR) is 72.2 cm³/mol. The van der Waals surface area contributed by atoms with Gasteiger partial charge in [0.1, 0.15) is 0 Å². The van der Waals surface area contributed by atoms with Gasteiger partial charge in [0.05, 0.1) is 11.0 Å². The number of fused-ring (bicyclic) bond motifs is 1. The first-order valence-electron chi connectivity index (χ1n) is 6.40. The van der Waals surface area contributed by atoms with Crippen LogP contribution >= 0.6 is 0 Å². The normalized spacial score (nSPS) is 12.0. The number of benzene rings is 1. The molecule has 0 aliphatic rings. The molecule has 0 atom stereocenters. The number of unbranched alkanes of at least 4 members (excludes halogenated alkanes) is 1. The lowest BCUT2D eigenvalue weighted by Crippen LogP contribution is -2.15. The summed E-state index contributed by atoms with van der Waals surface area (Å²) in [5.74, 6) is -1.42. The van der Waals surface area contributed by atoms with Crippen LogP contribution in [-0.2, 0) is 17.5 Å². The summed E-state index contributed by atoms with van der Waals surface area (Å²) in [5.41, 5.74) is 11.5. The van der Waals surface area contributed by atoms with E-state index in [-0.39, 0.29) is 18.5 Å². The van der Waals surface area contributed by atoms with Crippen molar-refractivity contribution in [2.45, 2.75) is 32.0 Å². The van der Waals surface area contributed by atoms with Gasteiger partial charge < -0.3 is 16.0 Å². The Morgan fingerprint density at radius 2 is 2.00 bits per heavy atom. The van der Waals surface area contributed by atoms with Crippen LogP contribution in [0.5, 0.6) is 0 Å². The standard InChI is InChI=1S/C13H15F3N4O/c14-13(15,16)12-19-9-7-8(17)4-5-10(9)20(12)6-2-1-3-11(18)21/h4-5,7H,1-3,6,17H2,(H2,18,21). The third-order valence-electron chi connectivity index (χ3n) is 3.08. The van der Waals surface area contributed by atoms with Crippen LogP contribution in [0, 0.1) is 0 Å². The lowest BCUT2D eigenvalue weighted by Gasteiger charge is -2.11. The third kappa shape index (κ3) is 3.45. The maximum atomic E-state index is 13.0. The topological polar surface area (TPSA) is 86.9 Å². The van der Waals surface area contributed by atoms with Gasteiger partial charge in [-0.15, -0.1) is 0 Å². The van der Waals surface area contributed by atoms with Gasteiger partial charge in [0.15, 0.2) is 0 Å². The van der Waals surface area contributed by atoms with Crippen molar-refractivity contribution in [3.63, 3.8) is 0 Å². The number of rotatable bonds is 5. The number of anilines is 1. The highest BCUT2D eigenvalue weighted by Crippen LogP contribution is 2.32. The Balaban J connectivity index is 2.32. The average molecular weight is 300 g/mol. The highest BCUT2D eigenvalue weighted by molar-refractivity contribution is 5.79. The molecular formula is C13H15F3N4O. The SMILES string of the molecule is NC(=O)CCCCn1c(C(F)(F)F)nc2cc(N)ccc21. The van der Waals surface area contributed by atoms with E-state index in [1.807, 2.05) is 0 Å². The number of hydrogen-bond acceptors (Lipinski definition) is 3. The molecule has 8 heteroatoms. The second-order valence-electron chi connectivity index (χ2n) is 4.76. The van der Waals surface area contributed by atoms with Crippen molar-refractivity contribution >= 4 is 22.6 Å². The molecular weight excluding hydrogens is 285 g/mol. The summed E-state index contributed by atoms with van der Waals surface area (Å²) in [5, 5.41) is 0. The first kappa shape index (κ1) is 15.1. The van der Waals surface area contributed by atoms with Crippen LogP contribution in [0.4, 0.5) is 18.9 Å². The van der Waals surface area contributed by atoms with E-state index in [9.17, 15) is 18.0 Å². The fourth-order valence-corrected chi connectivity index (χ4v) is 2.16. The summed E-state index contributed by atoms with van der Waals surface area (Å²) in [4.78, 5) is 14.3. The summed E-state index contributed by atoms with van der Waals surface area (Å²) in [6.07, 6.45) is -3.55. The van der Waals surface area contributed by atoms with E-state index in [4.69, 9.17) is 11.5 Å². The Labute approximate surface area is 118 Å². The molecule has 5 nitrogen and oxygen atoms in total. The van der Waals surface area contributed by atoms with E-state index in [2.05, 4.69) is 4.98 Å². The fourth-order valence-electron chi connectivity index (χ4n) is 2.16. The van der Waals surface area contributed by atoms with Crippen molar-refractivity contribution in [1.29, 1.82) is 0 Å². The molecule has 4 N–H and O–H groups in total. The van der Waals surface area contributed by atoms with Crippen molar-refractivity contribution in [1.82, 2.24) is 9.55 Å². The first-order valence-corrected chi connectivity index (χ1v) is 6.40. The largest absolute Gasteiger partial charge is 0.449 e. The zero-order chi connectivity index (χ0) is 15.6. The third-order valence-corrected chi connectivity index (χ3v) is 3.08. The van der Waals surface area contributed by atoms with Gasteiger partial charge in [0, 0.05) is 18.7 Å². The molecule has 1 aromatic carbocycles. The number of carbonyl (C=O) groups excluding carboxylic acids is 1. The molecule has 1 amide bonds. The van der Waals surface area contributed by atoms with Crippen molar-refractivity contribution in [3.05, 3.63) is 24.0 Å². The van der Waals surface area contributed by atoms with E-state index in [1.54, 1.807) is 0 Å². The molecule has 0 radical (unpaired) electrons. The lowest BCUT2D eigenvalue weighted by atomic mass is 10.2. The molecule has 0 unspecified atom stereocenters. The van der Waals surface area contributed by atoms with Gasteiger partial charge in [0.25, 0.3) is 0 Å². The number of amides is 1. The Bertz CT molecular complexity index is 663. The summed E-state index contributed by atoms with van der Waals surface area (Å²) < 4.78 is 40.2. The maximum Gasteiger partial charge on any atom is 0.449 e. The summed E-state index contributed by atoms with van der Waals surface area (Å²) >= 11 is 0. The van der Waals surface area contributed by atoms with Crippen LogP contribution in [0.2, 0.25) is 0 Å². The average Bonchev–Trinajstić information content (AvgIpc) is 2.72. The van der Waals surface area contributed by atoms with Crippen LogP contribution < -0.4 is 11.5 Å². The summed E-state index contributed by atoms with van der Waals surface area (Å²) in [7, 11) is 0. The molecule has 2 rings (SSSR count). The Morgan fingerprint density at radius 3 is 2.62 bits per heavy atom. The summed E-state index contributed by atoms with van der Waals surface area (Å²) in [6, 6.07) is 4.45. The van der Waals surface area contributed by atoms with Gasteiger partial charge in [-0.2, -0.15) is 13.2 Å². The number of nitrogens with two attached hydrogens (primary N) is 2. The van der Waals surface area contributed by atoms with E-state index in [0.717, 1.165) is 4.57 Å². The number of halogens is 3. The Morgan fingerprint density at radius 1 is 1.29 bits per heavy atom. The number of carbonyl (C=O) groups is 1. The van der Waals surface area contributed by atoms with Gasteiger partial charge in [-0.25, -0.2) is 4.98 Å². The first-order chi connectivity index (χ1) is 9.79. The van der Waals surface area contributed by atoms with Crippen LogP contribution in [0.25, 0.3) is 11.0 Å². The number of imidazole rings is 1. The monoisotopic (exact) mass is 300 g/mol. The van der Waals surface area contributed by atoms with Crippen molar-refractivity contribution in [3.8, 4) is 0 Å². The number of nitrogen functional groups attached to an aromatic ring is 1. The quantitative estimate of drug-likeness (QED) is 0.656. The molecule has 0 bridgehead atoms. The molecule has 0 aliphatic heterocycles. The highest BCUT2D eigenvalue weighted by Gasteiger charge is 2.37. The fraction of sp³-hybridized carbons (Fsp3) is 0.385. The molecule has 1 aromatic heterocycles. The van der Waals surface area contributed by atoms with Gasteiger partial charge in [-0.3, -0.25) is 4.79 Å². The molecule has 0 saturated carbocycles. The van der Waals surface area contributed by atoms with Crippen molar-refractivity contribution in [2.24, 2.45) is 5.73 Å². The van der Waals surface area contributed by atoms with Crippen LogP contribution in [-0.4, -0.2) is 15.5 Å². The van der Waals surface area contributed by atoms with Crippen molar-refractivity contribution < 1.29 is 18.0 Å². The predicted octanol–water partition coefficient (Wildman–Crippen LogP) is 2.29. The van der Waals surface area contributed by atoms with Crippen LogP contribution in [0.15, 0.2) is 18.2 Å². The van der Waals surface area contributed by atoms with E-state index < -0.39 is 17.9 Å². The van der Waals surface area contributed by atoms with Crippen LogP contribution in [0.3, 0.4) is 0 Å². The van der Waals surface area contributed by atoms with E-state index in [1.165, 1.54) is 18.2 Å². The van der Waals surface area contributed by atoms with Gasteiger partial charge in [-0.05, 0) is 31.0 Å².